The second kappa shape index (κ2) is 7.57. The van der Waals surface area contributed by atoms with Gasteiger partial charge in [-0.3, -0.25) is 0 Å². The van der Waals surface area contributed by atoms with Gasteiger partial charge >= 0.3 is 12.0 Å². The third-order valence-corrected chi connectivity index (χ3v) is 4.60. The molecule has 2 aromatic rings. The van der Waals surface area contributed by atoms with Gasteiger partial charge in [-0.1, -0.05) is 6.07 Å². The highest BCUT2D eigenvalue weighted by Gasteiger charge is 2.46. The molecule has 0 heterocycles. The van der Waals surface area contributed by atoms with E-state index in [2.05, 4.69) is 15.4 Å². The monoisotopic (exact) mass is 370 g/mol. The van der Waals surface area contributed by atoms with Crippen molar-refractivity contribution in [2.75, 3.05) is 26.6 Å². The summed E-state index contributed by atoms with van der Waals surface area (Å²) in [6.07, 6.45) is 1.69. The second-order valence-corrected chi connectivity index (χ2v) is 6.30. The van der Waals surface area contributed by atoms with Crippen LogP contribution in [0.5, 0.6) is 11.5 Å². The van der Waals surface area contributed by atoms with Gasteiger partial charge in [-0.2, -0.15) is 0 Å². The molecule has 0 aromatic heterocycles. The lowest BCUT2D eigenvalue weighted by Crippen LogP contribution is -2.38. The fraction of sp³-hybridized carbons (Fsp3) is 0.300. The number of ether oxygens (including phenoxy) is 3. The highest BCUT2D eigenvalue weighted by Crippen LogP contribution is 2.47. The summed E-state index contributed by atoms with van der Waals surface area (Å²) >= 11 is 0. The van der Waals surface area contributed by atoms with Crippen molar-refractivity contribution in [2.45, 2.75) is 18.4 Å². The van der Waals surface area contributed by atoms with Gasteiger partial charge in [0.15, 0.2) is 11.5 Å². The first-order valence-electron chi connectivity index (χ1n) is 8.51. The number of nitrogens with one attached hydrogen (secondary N) is 2. The predicted molar refractivity (Wildman–Crippen MR) is 100 cm³/mol. The Morgan fingerprint density at radius 2 is 1.59 bits per heavy atom. The molecule has 27 heavy (non-hydrogen) atoms. The molecule has 7 heteroatoms. The Morgan fingerprint density at radius 3 is 2.15 bits per heavy atom. The zero-order valence-electron chi connectivity index (χ0n) is 15.5. The first kappa shape index (κ1) is 18.6. The molecule has 142 valence electrons. The van der Waals surface area contributed by atoms with Crippen LogP contribution in [0.1, 0.15) is 28.8 Å². The highest BCUT2D eigenvalue weighted by molar-refractivity contribution is 5.92. The molecule has 0 spiro atoms. The van der Waals surface area contributed by atoms with E-state index in [1.807, 2.05) is 18.2 Å². The molecule has 1 aliphatic carbocycles. The molecule has 7 nitrogen and oxygen atoms in total. The molecule has 0 atom stereocenters. The van der Waals surface area contributed by atoms with Gasteiger partial charge < -0.3 is 24.8 Å². The van der Waals surface area contributed by atoms with Crippen LogP contribution < -0.4 is 20.1 Å². The fourth-order valence-corrected chi connectivity index (χ4v) is 2.93. The number of esters is 1. The van der Waals surface area contributed by atoms with Crippen LogP contribution in [0, 0.1) is 0 Å². The number of anilines is 1. The van der Waals surface area contributed by atoms with Gasteiger partial charge in [0.05, 0.1) is 32.4 Å². The summed E-state index contributed by atoms with van der Waals surface area (Å²) in [6.45, 7) is 0. The highest BCUT2D eigenvalue weighted by atomic mass is 16.5. The van der Waals surface area contributed by atoms with Crippen molar-refractivity contribution in [1.29, 1.82) is 0 Å². The van der Waals surface area contributed by atoms with E-state index in [-0.39, 0.29) is 6.03 Å². The number of carbonyl (C=O) groups is 2. The van der Waals surface area contributed by atoms with Gasteiger partial charge in [0, 0.05) is 5.69 Å². The van der Waals surface area contributed by atoms with Crippen molar-refractivity contribution < 1.29 is 23.8 Å². The van der Waals surface area contributed by atoms with Crippen molar-refractivity contribution in [3.8, 4) is 11.5 Å². The Kier molecular flexibility index (Phi) is 5.21. The van der Waals surface area contributed by atoms with E-state index in [1.165, 1.54) is 7.11 Å². The molecule has 0 aliphatic heterocycles. The summed E-state index contributed by atoms with van der Waals surface area (Å²) in [5, 5.41) is 5.82. The van der Waals surface area contributed by atoms with Crippen molar-refractivity contribution in [3.63, 3.8) is 0 Å². The Bertz CT molecular complexity index is 844. The van der Waals surface area contributed by atoms with E-state index >= 15 is 0 Å². The van der Waals surface area contributed by atoms with Gasteiger partial charge in [0.25, 0.3) is 0 Å². The Morgan fingerprint density at radius 1 is 0.926 bits per heavy atom. The smallest absolute Gasteiger partial charge is 0.337 e. The quantitative estimate of drug-likeness (QED) is 0.762. The van der Waals surface area contributed by atoms with E-state index in [4.69, 9.17) is 9.47 Å². The van der Waals surface area contributed by atoms with Crippen LogP contribution in [0.3, 0.4) is 0 Å². The molecule has 2 aromatic carbocycles. The number of urea groups is 1. The fourth-order valence-electron chi connectivity index (χ4n) is 2.93. The summed E-state index contributed by atoms with van der Waals surface area (Å²) in [7, 11) is 4.49. The molecule has 1 saturated carbocycles. The minimum absolute atomic E-state index is 0.312. The first-order chi connectivity index (χ1) is 13.0. The molecule has 2 amide bonds. The van der Waals surface area contributed by atoms with Crippen LogP contribution in [0.25, 0.3) is 0 Å². The van der Waals surface area contributed by atoms with Gasteiger partial charge in [-0.25, -0.2) is 9.59 Å². The van der Waals surface area contributed by atoms with E-state index < -0.39 is 11.5 Å². The van der Waals surface area contributed by atoms with Crippen molar-refractivity contribution >= 4 is 17.7 Å². The number of hydrogen-bond acceptors (Lipinski definition) is 5. The summed E-state index contributed by atoms with van der Waals surface area (Å²) < 4.78 is 15.3. The lowest BCUT2D eigenvalue weighted by Gasteiger charge is -2.20. The number of carbonyl (C=O) groups excluding carboxylic acids is 2. The van der Waals surface area contributed by atoms with Crippen LogP contribution in [0.4, 0.5) is 10.5 Å². The maximum Gasteiger partial charge on any atom is 0.337 e. The van der Waals surface area contributed by atoms with E-state index in [1.54, 1.807) is 38.5 Å². The molecule has 0 bridgehead atoms. The molecule has 2 N–H and O–H groups in total. The van der Waals surface area contributed by atoms with Gasteiger partial charge in [-0.05, 0) is 54.8 Å². The topological polar surface area (TPSA) is 85.9 Å². The second-order valence-electron chi connectivity index (χ2n) is 6.30. The van der Waals surface area contributed by atoms with Crippen molar-refractivity contribution in [3.05, 3.63) is 53.6 Å². The number of benzene rings is 2. The van der Waals surface area contributed by atoms with Gasteiger partial charge in [0.2, 0.25) is 0 Å². The third-order valence-electron chi connectivity index (χ3n) is 4.60. The lowest BCUT2D eigenvalue weighted by atomic mass is 10.0. The molecule has 0 radical (unpaired) electrons. The summed E-state index contributed by atoms with van der Waals surface area (Å²) in [6, 6.07) is 11.8. The van der Waals surface area contributed by atoms with E-state index in [0.717, 1.165) is 18.4 Å². The SMILES string of the molecule is COC(=O)c1ccc(NC(=O)NC2(c3ccc(OC)c(OC)c3)CC2)cc1. The number of rotatable bonds is 6. The van der Waals surface area contributed by atoms with Crippen molar-refractivity contribution in [1.82, 2.24) is 5.32 Å². The minimum atomic E-state index is -0.420. The Labute approximate surface area is 157 Å². The maximum atomic E-state index is 12.4. The molecule has 3 rings (SSSR count). The summed E-state index contributed by atoms with van der Waals surface area (Å²) in [5.41, 5.74) is 1.57. The zero-order chi connectivity index (χ0) is 19.4. The normalized spacial score (nSPS) is 14.0. The number of hydrogen-bond donors (Lipinski definition) is 2. The average Bonchev–Trinajstić information content (AvgIpc) is 3.47. The first-order valence-corrected chi connectivity index (χ1v) is 8.51. The Balaban J connectivity index is 1.68. The molecule has 0 unspecified atom stereocenters. The average molecular weight is 370 g/mol. The molecular formula is C20H22N2O5. The number of amides is 2. The van der Waals surface area contributed by atoms with Crippen molar-refractivity contribution in [2.24, 2.45) is 0 Å². The van der Waals surface area contributed by atoms with Crippen LogP contribution in [0.2, 0.25) is 0 Å². The van der Waals surface area contributed by atoms with Crippen LogP contribution in [0.15, 0.2) is 42.5 Å². The third kappa shape index (κ3) is 3.97. The van der Waals surface area contributed by atoms with Crippen LogP contribution in [-0.4, -0.2) is 33.3 Å². The van der Waals surface area contributed by atoms with Gasteiger partial charge in [-0.15, -0.1) is 0 Å². The number of methoxy groups -OCH3 is 3. The molecule has 0 saturated heterocycles. The largest absolute Gasteiger partial charge is 0.493 e. The standard InChI is InChI=1S/C20H22N2O5/c1-25-16-9-6-14(12-17(16)26-2)20(10-11-20)22-19(24)21-15-7-4-13(5-8-15)18(23)27-3/h4-9,12H,10-11H2,1-3H3,(H2,21,22,24). The van der Waals surface area contributed by atoms with E-state index in [0.29, 0.717) is 22.7 Å². The van der Waals surface area contributed by atoms with E-state index in [9.17, 15) is 9.59 Å². The molecule has 1 aliphatic rings. The summed E-state index contributed by atoms with van der Waals surface area (Å²) in [4.78, 5) is 23.9. The predicted octanol–water partition coefficient (Wildman–Crippen LogP) is 3.30. The molecular weight excluding hydrogens is 348 g/mol. The lowest BCUT2D eigenvalue weighted by molar-refractivity contribution is 0.0600. The van der Waals surface area contributed by atoms with Crippen LogP contribution >= 0.6 is 0 Å². The van der Waals surface area contributed by atoms with Crippen LogP contribution in [-0.2, 0) is 10.3 Å². The van der Waals surface area contributed by atoms with Gasteiger partial charge in [0.1, 0.15) is 0 Å². The Hall–Kier alpha value is -3.22. The maximum absolute atomic E-state index is 12.4. The zero-order valence-corrected chi connectivity index (χ0v) is 15.5. The summed E-state index contributed by atoms with van der Waals surface area (Å²) in [5.74, 6) is 0.852. The molecule has 1 fully saturated rings. The minimum Gasteiger partial charge on any atom is -0.493 e.